The van der Waals surface area contributed by atoms with E-state index in [4.69, 9.17) is 11.2 Å². The maximum absolute atomic E-state index is 12.7. The molecule has 0 aliphatic rings. The first-order valence-electron chi connectivity index (χ1n) is 5.42. The predicted molar refractivity (Wildman–Crippen MR) is 73.8 cm³/mol. The Hall–Kier alpha value is -0.250. The van der Waals surface area contributed by atoms with Gasteiger partial charge in [0.25, 0.3) is 0 Å². The molecule has 2 nitrogen and oxygen atoms in total. The third-order valence-electron chi connectivity index (χ3n) is 2.05. The van der Waals surface area contributed by atoms with Gasteiger partial charge in [0.05, 0.1) is 0 Å². The Morgan fingerprint density at radius 3 is 2.50 bits per heavy atom. The molecule has 0 rings (SSSR count). The van der Waals surface area contributed by atoms with Gasteiger partial charge in [-0.3, -0.25) is 4.79 Å². The van der Waals surface area contributed by atoms with E-state index in [1.54, 1.807) is 0 Å². The molecule has 0 aromatic rings. The topological polar surface area (TPSA) is 26.3 Å². The highest BCUT2D eigenvalue weighted by molar-refractivity contribution is 8.77. The van der Waals surface area contributed by atoms with Crippen LogP contribution in [0.1, 0.15) is 33.6 Å². The first-order valence-corrected chi connectivity index (χ1v) is 7.74. The maximum atomic E-state index is 12.7. The molecule has 0 heterocycles. The monoisotopic (exact) mass is 296 g/mol. The highest BCUT2D eigenvalue weighted by atomic mass is 33.1. The molecule has 0 aromatic heterocycles. The second-order valence-corrected chi connectivity index (χ2v) is 7.39. The molecular weight excluding hydrogens is 278 g/mol. The summed E-state index contributed by atoms with van der Waals surface area (Å²) in [4.78, 5) is 11.1. The average molecular weight is 296 g/mol. The van der Waals surface area contributed by atoms with Gasteiger partial charge in [-0.15, -0.1) is 6.42 Å². The van der Waals surface area contributed by atoms with E-state index in [2.05, 4.69) is 5.92 Å². The van der Waals surface area contributed by atoms with Gasteiger partial charge in [0.2, 0.25) is 5.78 Å². The first kappa shape index (κ1) is 17.8. The van der Waals surface area contributed by atoms with Crippen molar-refractivity contribution in [2.24, 2.45) is 0 Å². The van der Waals surface area contributed by atoms with Crippen molar-refractivity contribution in [2.45, 2.75) is 44.3 Å². The summed E-state index contributed by atoms with van der Waals surface area (Å²) in [5.74, 6) is -1.45. The molecule has 6 heteroatoms. The van der Waals surface area contributed by atoms with Crippen LogP contribution in [0.4, 0.5) is 8.78 Å². The third-order valence-corrected chi connectivity index (χ3v) is 5.08. The summed E-state index contributed by atoms with van der Waals surface area (Å²) in [5, 5.41) is 0. The number of hydrogen-bond acceptors (Lipinski definition) is 4. The minimum atomic E-state index is -3.23. The number of carbonyl (C=O) groups is 1. The van der Waals surface area contributed by atoms with Crippen LogP contribution in [0, 0.1) is 12.3 Å². The van der Waals surface area contributed by atoms with Crippen LogP contribution in [-0.4, -0.2) is 29.0 Å². The zero-order chi connectivity index (χ0) is 14.2. The molecule has 0 unspecified atom stereocenters. The molecule has 0 saturated carbocycles. The van der Waals surface area contributed by atoms with Gasteiger partial charge < -0.3 is 4.74 Å². The van der Waals surface area contributed by atoms with Gasteiger partial charge in [0, 0.05) is 18.1 Å². The van der Waals surface area contributed by atoms with Crippen molar-refractivity contribution < 1.29 is 18.3 Å². The summed E-state index contributed by atoms with van der Waals surface area (Å²) >= 11 is 0. The Balaban J connectivity index is 3.87. The average Bonchev–Trinajstić information content (AvgIpc) is 2.24. The molecule has 18 heavy (non-hydrogen) atoms. The Morgan fingerprint density at radius 1 is 1.39 bits per heavy atom. The number of Topliss-reactive ketones (excluding diaryl/α,β-unsaturated/α-hetero) is 1. The van der Waals surface area contributed by atoms with E-state index in [0.717, 1.165) is 0 Å². The lowest BCUT2D eigenvalue weighted by atomic mass is 10.0. The Morgan fingerprint density at radius 2 is 2.00 bits per heavy atom. The number of carbonyl (C=O) groups excluding carboxylic acids is 1. The molecule has 0 amide bonds. The van der Waals surface area contributed by atoms with Crippen LogP contribution >= 0.6 is 21.6 Å². The quantitative estimate of drug-likeness (QED) is 0.280. The molecule has 0 aliphatic heterocycles. The predicted octanol–water partition coefficient (Wildman–Crippen LogP) is 3.76. The fourth-order valence-corrected chi connectivity index (χ4v) is 3.25. The Bertz CT molecular complexity index is 306. The van der Waals surface area contributed by atoms with Crippen LogP contribution in [0.3, 0.4) is 0 Å². The van der Waals surface area contributed by atoms with Gasteiger partial charge in [-0.1, -0.05) is 27.5 Å². The van der Waals surface area contributed by atoms with Crippen LogP contribution < -0.4 is 0 Å². The molecule has 0 fully saturated rings. The third kappa shape index (κ3) is 8.78. The minimum absolute atomic E-state index is 0.116. The molecule has 104 valence electrons. The molecule has 0 atom stereocenters. The smallest absolute Gasteiger partial charge is 0.302 e. The standard InChI is InChI=1S/C12H18F2O2S2/c1-5-8-16-9-17-18-11(2,3)7-6-10(15)12(4,13)14/h1H,6-9H2,2-4H3. The number of ketones is 1. The van der Waals surface area contributed by atoms with Crippen LogP contribution in [0.2, 0.25) is 0 Å². The Labute approximate surface area is 115 Å². The zero-order valence-electron chi connectivity index (χ0n) is 10.8. The molecule has 0 aromatic carbocycles. The molecule has 0 spiro atoms. The second-order valence-electron chi connectivity index (χ2n) is 4.44. The molecule has 0 radical (unpaired) electrons. The highest BCUT2D eigenvalue weighted by Crippen LogP contribution is 2.39. The van der Waals surface area contributed by atoms with E-state index < -0.39 is 11.7 Å². The van der Waals surface area contributed by atoms with Gasteiger partial charge in [-0.2, -0.15) is 8.78 Å². The normalized spacial score (nSPS) is 12.2. The number of rotatable bonds is 9. The number of terminal acetylenes is 1. The van der Waals surface area contributed by atoms with E-state index in [1.165, 1.54) is 21.6 Å². The highest BCUT2D eigenvalue weighted by Gasteiger charge is 2.33. The van der Waals surface area contributed by atoms with Crippen LogP contribution in [0.5, 0.6) is 0 Å². The maximum Gasteiger partial charge on any atom is 0.302 e. The number of halogens is 2. The summed E-state index contributed by atoms with van der Waals surface area (Å²) in [6, 6.07) is 0. The molecule has 0 saturated heterocycles. The van der Waals surface area contributed by atoms with Crippen LogP contribution in [0.25, 0.3) is 0 Å². The summed E-state index contributed by atoms with van der Waals surface area (Å²) in [6.45, 7) is 4.71. The van der Waals surface area contributed by atoms with Crippen molar-refractivity contribution in [3.63, 3.8) is 0 Å². The first-order chi connectivity index (χ1) is 8.19. The summed E-state index contributed by atoms with van der Waals surface area (Å²) in [6.07, 6.45) is 5.31. The largest absolute Gasteiger partial charge is 0.357 e. The van der Waals surface area contributed by atoms with Crippen LogP contribution in [0.15, 0.2) is 0 Å². The molecule has 0 N–H and O–H groups in total. The van der Waals surface area contributed by atoms with Gasteiger partial charge in [-0.05, 0) is 20.3 Å². The number of hydrogen-bond donors (Lipinski definition) is 0. The van der Waals surface area contributed by atoms with E-state index in [9.17, 15) is 13.6 Å². The lowest BCUT2D eigenvalue weighted by Crippen LogP contribution is -2.26. The van der Waals surface area contributed by atoms with E-state index in [-0.39, 0.29) is 17.8 Å². The van der Waals surface area contributed by atoms with Gasteiger partial charge in [0.15, 0.2) is 0 Å². The van der Waals surface area contributed by atoms with Crippen molar-refractivity contribution in [2.75, 3.05) is 12.5 Å². The molecular formula is C12H18F2O2S2. The van der Waals surface area contributed by atoms with Crippen molar-refractivity contribution in [3.05, 3.63) is 0 Å². The minimum Gasteiger partial charge on any atom is -0.357 e. The molecule has 0 bridgehead atoms. The van der Waals surface area contributed by atoms with Crippen molar-refractivity contribution in [1.29, 1.82) is 0 Å². The van der Waals surface area contributed by atoms with Crippen molar-refractivity contribution in [3.8, 4) is 12.3 Å². The van der Waals surface area contributed by atoms with E-state index >= 15 is 0 Å². The lowest BCUT2D eigenvalue weighted by Gasteiger charge is -2.23. The summed E-state index contributed by atoms with van der Waals surface area (Å²) in [7, 11) is 2.97. The SMILES string of the molecule is C#CCOCSSC(C)(C)CCC(=O)C(C)(F)F. The van der Waals surface area contributed by atoms with Crippen molar-refractivity contribution in [1.82, 2.24) is 0 Å². The van der Waals surface area contributed by atoms with Gasteiger partial charge in [-0.25, -0.2) is 0 Å². The number of alkyl halides is 2. The number of ether oxygens (including phenoxy) is 1. The summed E-state index contributed by atoms with van der Waals surface area (Å²) in [5.41, 5.74) is 0. The van der Waals surface area contributed by atoms with Gasteiger partial charge in [0.1, 0.15) is 12.5 Å². The zero-order valence-corrected chi connectivity index (χ0v) is 12.4. The fourth-order valence-electron chi connectivity index (χ4n) is 0.994. The van der Waals surface area contributed by atoms with E-state index in [0.29, 0.717) is 19.3 Å². The van der Waals surface area contributed by atoms with Gasteiger partial charge >= 0.3 is 5.92 Å². The van der Waals surface area contributed by atoms with Crippen molar-refractivity contribution >= 4 is 27.4 Å². The van der Waals surface area contributed by atoms with Crippen LogP contribution in [-0.2, 0) is 9.53 Å². The van der Waals surface area contributed by atoms with E-state index in [1.807, 2.05) is 13.8 Å². The summed E-state index contributed by atoms with van der Waals surface area (Å²) < 4.78 is 30.2. The molecule has 0 aliphatic carbocycles. The lowest BCUT2D eigenvalue weighted by molar-refractivity contribution is -0.140. The Kier molecular flexibility index (Phi) is 7.92. The fraction of sp³-hybridized carbons (Fsp3) is 0.750. The second kappa shape index (κ2) is 8.03.